The molecule has 1 fully saturated rings. The number of benzene rings is 1. The van der Waals surface area contributed by atoms with E-state index in [1.165, 1.54) is 5.56 Å². The average molecular weight is 261 g/mol. The van der Waals surface area contributed by atoms with Crippen molar-refractivity contribution in [3.63, 3.8) is 0 Å². The zero-order valence-corrected chi connectivity index (χ0v) is 12.3. The normalized spacial score (nSPS) is 16.2. The molecule has 1 saturated heterocycles. The fourth-order valence-corrected chi connectivity index (χ4v) is 2.14. The predicted octanol–water partition coefficient (Wildman–Crippen LogP) is 3.12. The summed E-state index contributed by atoms with van der Waals surface area (Å²) in [5, 5.41) is 0. The van der Waals surface area contributed by atoms with Gasteiger partial charge in [0, 0.05) is 13.1 Å². The number of rotatable bonds is 4. The fraction of sp³-hybridized carbons (Fsp3) is 0.562. The van der Waals surface area contributed by atoms with Gasteiger partial charge in [-0.25, -0.2) is 0 Å². The van der Waals surface area contributed by atoms with Crippen molar-refractivity contribution in [2.45, 2.75) is 46.1 Å². The molecule has 1 aromatic rings. The molecular weight excluding hydrogens is 238 g/mol. The van der Waals surface area contributed by atoms with Gasteiger partial charge in [0.25, 0.3) is 5.91 Å². The molecule has 3 heteroatoms. The number of ether oxygens (including phenoxy) is 1. The van der Waals surface area contributed by atoms with Gasteiger partial charge in [-0.2, -0.15) is 0 Å². The van der Waals surface area contributed by atoms with Gasteiger partial charge in [-0.1, -0.05) is 26.0 Å². The lowest BCUT2D eigenvalue weighted by molar-refractivity contribution is -0.141. The molecule has 1 atom stereocenters. The molecule has 0 saturated carbocycles. The van der Waals surface area contributed by atoms with Gasteiger partial charge in [-0.15, -0.1) is 0 Å². The van der Waals surface area contributed by atoms with Crippen LogP contribution >= 0.6 is 0 Å². The topological polar surface area (TPSA) is 29.5 Å². The van der Waals surface area contributed by atoms with Crippen LogP contribution in [0.1, 0.15) is 44.2 Å². The maximum absolute atomic E-state index is 12.1. The minimum Gasteiger partial charge on any atom is -0.481 e. The molecule has 0 aliphatic carbocycles. The molecule has 104 valence electrons. The largest absolute Gasteiger partial charge is 0.481 e. The Morgan fingerprint density at radius 1 is 1.26 bits per heavy atom. The number of aryl methyl sites for hydroxylation is 1. The number of hydrogen-bond donors (Lipinski definition) is 0. The molecule has 3 nitrogen and oxygen atoms in total. The highest BCUT2D eigenvalue weighted by molar-refractivity contribution is 5.81. The van der Waals surface area contributed by atoms with Crippen LogP contribution in [0.15, 0.2) is 18.2 Å². The summed E-state index contributed by atoms with van der Waals surface area (Å²) < 4.78 is 5.86. The Morgan fingerprint density at radius 2 is 1.95 bits per heavy atom. The van der Waals surface area contributed by atoms with Crippen LogP contribution in [0.25, 0.3) is 0 Å². The van der Waals surface area contributed by atoms with Crippen LogP contribution in [0, 0.1) is 6.92 Å². The summed E-state index contributed by atoms with van der Waals surface area (Å²) in [6, 6.07) is 6.24. The third-order valence-electron chi connectivity index (χ3n) is 3.70. The summed E-state index contributed by atoms with van der Waals surface area (Å²) in [6.45, 7) is 9.91. The molecule has 1 heterocycles. The molecule has 0 bridgehead atoms. The van der Waals surface area contributed by atoms with Crippen LogP contribution in [0.4, 0.5) is 0 Å². The molecule has 1 aliphatic rings. The van der Waals surface area contributed by atoms with Crippen LogP contribution in [0.5, 0.6) is 5.75 Å². The van der Waals surface area contributed by atoms with Gasteiger partial charge in [-0.05, 0) is 43.4 Å². The Labute approximate surface area is 115 Å². The minimum absolute atomic E-state index is 0.0978. The summed E-state index contributed by atoms with van der Waals surface area (Å²) in [5.74, 6) is 1.39. The number of hydrogen-bond acceptors (Lipinski definition) is 2. The first-order chi connectivity index (χ1) is 8.99. The van der Waals surface area contributed by atoms with E-state index < -0.39 is 6.10 Å². The number of likely N-dealkylation sites (tertiary alicyclic amines) is 1. The number of carbonyl (C=O) groups is 1. The molecule has 1 amide bonds. The van der Waals surface area contributed by atoms with Gasteiger partial charge < -0.3 is 9.64 Å². The second-order valence-corrected chi connectivity index (χ2v) is 5.62. The lowest BCUT2D eigenvalue weighted by Crippen LogP contribution is -2.48. The van der Waals surface area contributed by atoms with Crippen molar-refractivity contribution in [1.82, 2.24) is 4.90 Å². The Bertz CT molecular complexity index is 464. The van der Waals surface area contributed by atoms with E-state index in [1.54, 1.807) is 0 Å². The first kappa shape index (κ1) is 13.9. The fourth-order valence-electron chi connectivity index (χ4n) is 2.14. The highest BCUT2D eigenvalue weighted by Crippen LogP contribution is 2.25. The maximum Gasteiger partial charge on any atom is 0.263 e. The third kappa shape index (κ3) is 3.09. The summed E-state index contributed by atoms with van der Waals surface area (Å²) in [5.41, 5.74) is 2.32. The van der Waals surface area contributed by atoms with Crippen LogP contribution < -0.4 is 4.74 Å². The molecule has 0 aromatic heterocycles. The molecule has 1 aromatic carbocycles. The predicted molar refractivity (Wildman–Crippen MR) is 76.6 cm³/mol. The molecule has 2 rings (SSSR count). The summed E-state index contributed by atoms with van der Waals surface area (Å²) in [6.07, 6.45) is 0.710. The number of amides is 1. The molecule has 1 aliphatic heterocycles. The smallest absolute Gasteiger partial charge is 0.263 e. The lowest BCUT2D eigenvalue weighted by Gasteiger charge is -2.33. The van der Waals surface area contributed by atoms with E-state index in [-0.39, 0.29) is 5.91 Å². The van der Waals surface area contributed by atoms with Gasteiger partial charge in [0.15, 0.2) is 6.10 Å². The summed E-state index contributed by atoms with van der Waals surface area (Å²) in [7, 11) is 0. The highest BCUT2D eigenvalue weighted by atomic mass is 16.5. The lowest BCUT2D eigenvalue weighted by atomic mass is 10.0. The van der Waals surface area contributed by atoms with Crippen LogP contribution in [-0.4, -0.2) is 30.0 Å². The first-order valence-electron chi connectivity index (χ1n) is 7.05. The molecule has 1 unspecified atom stereocenters. The minimum atomic E-state index is -0.401. The van der Waals surface area contributed by atoms with Crippen molar-refractivity contribution in [2.75, 3.05) is 13.1 Å². The van der Waals surface area contributed by atoms with Gasteiger partial charge >= 0.3 is 0 Å². The van der Waals surface area contributed by atoms with E-state index in [0.29, 0.717) is 5.92 Å². The third-order valence-corrected chi connectivity index (χ3v) is 3.70. The quantitative estimate of drug-likeness (QED) is 0.833. The molecular formula is C16H23NO2. The van der Waals surface area contributed by atoms with E-state index in [0.717, 1.165) is 30.8 Å². The Balaban J connectivity index is 2.08. The van der Waals surface area contributed by atoms with Crippen molar-refractivity contribution in [3.8, 4) is 5.75 Å². The molecule has 0 radical (unpaired) electrons. The van der Waals surface area contributed by atoms with Crippen LogP contribution in [0.3, 0.4) is 0 Å². The molecule has 0 spiro atoms. The SMILES string of the molecule is Cc1ccc(C(C)C)cc1OC(C)C(=O)N1CCC1. The Hall–Kier alpha value is -1.51. The van der Waals surface area contributed by atoms with Crippen molar-refractivity contribution >= 4 is 5.91 Å². The van der Waals surface area contributed by atoms with E-state index in [9.17, 15) is 4.79 Å². The van der Waals surface area contributed by atoms with Crippen molar-refractivity contribution < 1.29 is 9.53 Å². The molecule has 0 N–H and O–H groups in total. The summed E-state index contributed by atoms with van der Waals surface area (Å²) in [4.78, 5) is 13.9. The van der Waals surface area contributed by atoms with E-state index in [4.69, 9.17) is 4.74 Å². The summed E-state index contributed by atoms with van der Waals surface area (Å²) >= 11 is 0. The second-order valence-electron chi connectivity index (χ2n) is 5.62. The average Bonchev–Trinajstić information content (AvgIpc) is 2.29. The zero-order valence-electron chi connectivity index (χ0n) is 12.3. The highest BCUT2D eigenvalue weighted by Gasteiger charge is 2.26. The van der Waals surface area contributed by atoms with Crippen LogP contribution in [-0.2, 0) is 4.79 Å². The van der Waals surface area contributed by atoms with Gasteiger partial charge in [0.2, 0.25) is 0 Å². The van der Waals surface area contributed by atoms with Gasteiger partial charge in [0.1, 0.15) is 5.75 Å². The van der Waals surface area contributed by atoms with Crippen molar-refractivity contribution in [3.05, 3.63) is 29.3 Å². The van der Waals surface area contributed by atoms with Gasteiger partial charge in [-0.3, -0.25) is 4.79 Å². The van der Waals surface area contributed by atoms with Crippen molar-refractivity contribution in [1.29, 1.82) is 0 Å². The standard InChI is InChI=1S/C16H23NO2/c1-11(2)14-7-6-12(3)15(10-14)19-13(4)16(18)17-8-5-9-17/h6-7,10-11,13H,5,8-9H2,1-4H3. The number of carbonyl (C=O) groups excluding carboxylic acids is 1. The van der Waals surface area contributed by atoms with Gasteiger partial charge in [0.05, 0.1) is 0 Å². The molecule has 19 heavy (non-hydrogen) atoms. The Kier molecular flexibility index (Phi) is 4.13. The van der Waals surface area contributed by atoms with E-state index in [2.05, 4.69) is 32.0 Å². The van der Waals surface area contributed by atoms with E-state index >= 15 is 0 Å². The zero-order chi connectivity index (χ0) is 14.0. The monoisotopic (exact) mass is 261 g/mol. The van der Waals surface area contributed by atoms with E-state index in [1.807, 2.05) is 18.7 Å². The van der Waals surface area contributed by atoms with Crippen molar-refractivity contribution in [2.24, 2.45) is 0 Å². The maximum atomic E-state index is 12.1. The number of nitrogens with zero attached hydrogens (tertiary/aromatic N) is 1. The van der Waals surface area contributed by atoms with Crippen LogP contribution in [0.2, 0.25) is 0 Å². The first-order valence-corrected chi connectivity index (χ1v) is 7.05. The Morgan fingerprint density at radius 3 is 2.47 bits per heavy atom. The second kappa shape index (κ2) is 5.64.